The van der Waals surface area contributed by atoms with E-state index in [1.165, 1.54) is 27.8 Å². The zero-order valence-electron chi connectivity index (χ0n) is 17.3. The van der Waals surface area contributed by atoms with Crippen LogP contribution in [0.2, 0.25) is 0 Å². The van der Waals surface area contributed by atoms with Crippen LogP contribution in [0.25, 0.3) is 0 Å². The summed E-state index contributed by atoms with van der Waals surface area (Å²) in [7, 11) is 0. The van der Waals surface area contributed by atoms with E-state index in [4.69, 9.17) is 0 Å². The van der Waals surface area contributed by atoms with Gasteiger partial charge in [0.25, 0.3) is 0 Å². The molecule has 0 aliphatic rings. The normalized spacial score (nSPS) is 11.4. The Morgan fingerprint density at radius 3 is 1.71 bits per heavy atom. The van der Waals surface area contributed by atoms with Crippen LogP contribution in [-0.2, 0) is 12.0 Å². The van der Waals surface area contributed by atoms with Gasteiger partial charge in [0.2, 0.25) is 0 Å². The zero-order chi connectivity index (χ0) is 20.9. The van der Waals surface area contributed by atoms with Gasteiger partial charge in [0.05, 0.1) is 6.33 Å². The van der Waals surface area contributed by atoms with Crippen LogP contribution < -0.4 is 0 Å². The van der Waals surface area contributed by atoms with E-state index in [0.717, 1.165) is 6.42 Å². The van der Waals surface area contributed by atoms with Crippen LogP contribution in [0, 0.1) is 0 Å². The highest BCUT2D eigenvalue weighted by Gasteiger charge is 2.38. The van der Waals surface area contributed by atoms with Crippen molar-refractivity contribution in [1.82, 2.24) is 9.55 Å². The highest BCUT2D eigenvalue weighted by Crippen LogP contribution is 2.41. The van der Waals surface area contributed by atoms with E-state index in [9.17, 15) is 0 Å². The van der Waals surface area contributed by atoms with Gasteiger partial charge in [-0.1, -0.05) is 115 Å². The molecular formula is C29H24N2. The second-order valence-electron chi connectivity index (χ2n) is 7.78. The quantitative estimate of drug-likeness (QED) is 0.305. The monoisotopic (exact) mass is 400 g/mol. The van der Waals surface area contributed by atoms with E-state index < -0.39 is 5.54 Å². The lowest BCUT2D eigenvalue weighted by molar-refractivity contribution is 0.514. The number of imidazole rings is 1. The maximum Gasteiger partial charge on any atom is 0.121 e. The van der Waals surface area contributed by atoms with Gasteiger partial charge in [-0.3, -0.25) is 0 Å². The first-order valence-corrected chi connectivity index (χ1v) is 10.6. The fourth-order valence-electron chi connectivity index (χ4n) is 4.50. The van der Waals surface area contributed by atoms with Crippen molar-refractivity contribution in [2.75, 3.05) is 0 Å². The van der Waals surface area contributed by atoms with Crippen molar-refractivity contribution < 1.29 is 0 Å². The molecule has 1 heterocycles. The average Bonchev–Trinajstić information content (AvgIpc) is 3.37. The van der Waals surface area contributed by atoms with Crippen LogP contribution in [0.4, 0.5) is 0 Å². The molecule has 31 heavy (non-hydrogen) atoms. The first-order valence-electron chi connectivity index (χ1n) is 10.6. The third kappa shape index (κ3) is 3.57. The maximum atomic E-state index is 4.42. The van der Waals surface area contributed by atoms with E-state index in [1.807, 2.05) is 12.5 Å². The van der Waals surface area contributed by atoms with E-state index in [-0.39, 0.29) is 0 Å². The minimum atomic E-state index is -0.508. The molecule has 0 radical (unpaired) electrons. The van der Waals surface area contributed by atoms with E-state index in [2.05, 4.69) is 131 Å². The molecule has 2 nitrogen and oxygen atoms in total. The molecule has 0 spiro atoms. The summed E-state index contributed by atoms with van der Waals surface area (Å²) in [5, 5.41) is 0. The second-order valence-corrected chi connectivity index (χ2v) is 7.78. The number of benzene rings is 4. The van der Waals surface area contributed by atoms with Crippen molar-refractivity contribution in [2.45, 2.75) is 12.0 Å². The summed E-state index contributed by atoms with van der Waals surface area (Å²) in [5.74, 6) is 0. The molecule has 4 aromatic carbocycles. The molecule has 1 aromatic heterocycles. The minimum Gasteiger partial charge on any atom is -0.319 e. The summed E-state index contributed by atoms with van der Waals surface area (Å²) in [6.07, 6.45) is 6.74. The SMILES string of the molecule is c1ccc(Cc2cccc(C(c3ccccc3)(c3ccccc3)n3ccnc3)c2)cc1. The summed E-state index contributed by atoms with van der Waals surface area (Å²) < 4.78 is 2.22. The van der Waals surface area contributed by atoms with Gasteiger partial charge < -0.3 is 4.57 Å². The summed E-state index contributed by atoms with van der Waals surface area (Å²) in [6, 6.07) is 41.0. The molecule has 0 fully saturated rings. The number of hydrogen-bond donors (Lipinski definition) is 0. The Morgan fingerprint density at radius 2 is 1.13 bits per heavy atom. The molecule has 0 atom stereocenters. The first-order chi connectivity index (χ1) is 15.4. The molecule has 5 aromatic rings. The molecule has 0 amide bonds. The van der Waals surface area contributed by atoms with Gasteiger partial charge in [-0.15, -0.1) is 0 Å². The highest BCUT2D eigenvalue weighted by atomic mass is 15.1. The predicted molar refractivity (Wildman–Crippen MR) is 126 cm³/mol. The number of aromatic nitrogens is 2. The van der Waals surface area contributed by atoms with Gasteiger partial charge in [0.15, 0.2) is 0 Å². The lowest BCUT2D eigenvalue weighted by atomic mass is 9.76. The summed E-state index contributed by atoms with van der Waals surface area (Å²) in [5.41, 5.74) is 5.72. The standard InChI is InChI=1S/C29H24N2/c1-4-11-24(12-5-1)21-25-13-10-18-28(22-25)29(31-20-19-30-23-31,26-14-6-2-7-15-26)27-16-8-3-9-17-27/h1-20,22-23H,21H2. The Bertz CT molecular complexity index is 1190. The summed E-state index contributed by atoms with van der Waals surface area (Å²) in [4.78, 5) is 4.42. The van der Waals surface area contributed by atoms with Crippen molar-refractivity contribution in [2.24, 2.45) is 0 Å². The summed E-state index contributed by atoms with van der Waals surface area (Å²) >= 11 is 0. The topological polar surface area (TPSA) is 17.8 Å². The third-order valence-electron chi connectivity index (χ3n) is 5.87. The maximum absolute atomic E-state index is 4.42. The fourth-order valence-corrected chi connectivity index (χ4v) is 4.50. The van der Waals surface area contributed by atoms with Crippen LogP contribution in [0.15, 0.2) is 134 Å². The molecule has 0 bridgehead atoms. The molecule has 0 N–H and O–H groups in total. The van der Waals surface area contributed by atoms with E-state index in [0.29, 0.717) is 0 Å². The van der Waals surface area contributed by atoms with Gasteiger partial charge in [-0.25, -0.2) is 4.98 Å². The lowest BCUT2D eigenvalue weighted by Crippen LogP contribution is -2.37. The molecule has 0 unspecified atom stereocenters. The van der Waals surface area contributed by atoms with E-state index >= 15 is 0 Å². The van der Waals surface area contributed by atoms with Crippen LogP contribution in [0.3, 0.4) is 0 Å². The van der Waals surface area contributed by atoms with Crippen molar-refractivity contribution >= 4 is 0 Å². The molecule has 5 rings (SSSR count). The molecule has 0 saturated heterocycles. The second kappa shape index (κ2) is 8.45. The Labute approximate surface area is 183 Å². The molecule has 150 valence electrons. The minimum absolute atomic E-state index is 0.508. The first kappa shape index (κ1) is 19.1. The largest absolute Gasteiger partial charge is 0.319 e. The number of hydrogen-bond acceptors (Lipinski definition) is 1. The van der Waals surface area contributed by atoms with Gasteiger partial charge in [-0.05, 0) is 34.2 Å². The van der Waals surface area contributed by atoms with Crippen molar-refractivity contribution in [1.29, 1.82) is 0 Å². The van der Waals surface area contributed by atoms with Crippen LogP contribution >= 0.6 is 0 Å². The van der Waals surface area contributed by atoms with Crippen molar-refractivity contribution in [3.63, 3.8) is 0 Å². The Kier molecular flexibility index (Phi) is 5.20. The fraction of sp³-hybridized carbons (Fsp3) is 0.0690. The zero-order valence-corrected chi connectivity index (χ0v) is 17.3. The smallest absolute Gasteiger partial charge is 0.121 e. The van der Waals surface area contributed by atoms with Gasteiger partial charge in [0, 0.05) is 12.4 Å². The molecule has 0 aliphatic heterocycles. The Balaban J connectivity index is 1.75. The highest BCUT2D eigenvalue weighted by molar-refractivity contribution is 5.51. The molecule has 0 aliphatic carbocycles. The van der Waals surface area contributed by atoms with Crippen LogP contribution in [0.1, 0.15) is 27.8 Å². The third-order valence-corrected chi connectivity index (χ3v) is 5.87. The number of nitrogens with zero attached hydrogens (tertiary/aromatic N) is 2. The van der Waals surface area contributed by atoms with Crippen LogP contribution in [0.5, 0.6) is 0 Å². The average molecular weight is 401 g/mol. The van der Waals surface area contributed by atoms with Crippen molar-refractivity contribution in [3.05, 3.63) is 162 Å². The van der Waals surface area contributed by atoms with Gasteiger partial charge in [-0.2, -0.15) is 0 Å². The van der Waals surface area contributed by atoms with Gasteiger partial charge >= 0.3 is 0 Å². The van der Waals surface area contributed by atoms with E-state index in [1.54, 1.807) is 0 Å². The lowest BCUT2D eigenvalue weighted by Gasteiger charge is -2.37. The van der Waals surface area contributed by atoms with Crippen molar-refractivity contribution in [3.8, 4) is 0 Å². The van der Waals surface area contributed by atoms with Crippen LogP contribution in [-0.4, -0.2) is 9.55 Å². The summed E-state index contributed by atoms with van der Waals surface area (Å²) in [6.45, 7) is 0. The predicted octanol–water partition coefficient (Wildman–Crippen LogP) is 6.31. The number of rotatable bonds is 6. The Hall–Kier alpha value is -3.91. The molecule has 0 saturated carbocycles. The Morgan fingerprint density at radius 1 is 0.581 bits per heavy atom. The van der Waals surface area contributed by atoms with Gasteiger partial charge in [0.1, 0.15) is 5.54 Å². The molecular weight excluding hydrogens is 376 g/mol. The molecule has 2 heteroatoms.